The lowest BCUT2D eigenvalue weighted by molar-refractivity contribution is -0.384. The van der Waals surface area contributed by atoms with Crippen molar-refractivity contribution in [2.45, 2.75) is 6.04 Å². The van der Waals surface area contributed by atoms with Crippen LogP contribution in [0.1, 0.15) is 11.8 Å². The molecule has 100 valence electrons. The van der Waals surface area contributed by atoms with Crippen molar-refractivity contribution in [1.82, 2.24) is 4.98 Å². The van der Waals surface area contributed by atoms with Gasteiger partial charge in [-0.25, -0.2) is 4.98 Å². The maximum absolute atomic E-state index is 10.9. The van der Waals surface area contributed by atoms with E-state index in [1.54, 1.807) is 19.2 Å². The molecule has 0 aliphatic heterocycles. The van der Waals surface area contributed by atoms with Crippen molar-refractivity contribution in [2.24, 2.45) is 0 Å². The molecule has 7 heteroatoms. The molecule has 2 aromatic rings. The highest BCUT2D eigenvalue weighted by Crippen LogP contribution is 2.26. The molecule has 0 aliphatic carbocycles. The molecule has 0 fully saturated rings. The summed E-state index contributed by atoms with van der Waals surface area (Å²) < 4.78 is 10.4. The molecule has 0 amide bonds. The summed E-state index contributed by atoms with van der Waals surface area (Å²) in [6.45, 7) is 0.307. The van der Waals surface area contributed by atoms with Crippen LogP contribution >= 0.6 is 0 Å². The fraction of sp³-hybridized carbons (Fsp3) is 0.250. The Morgan fingerprint density at radius 3 is 3.00 bits per heavy atom. The van der Waals surface area contributed by atoms with Crippen molar-refractivity contribution >= 4 is 11.5 Å². The van der Waals surface area contributed by atoms with E-state index in [-0.39, 0.29) is 17.5 Å². The summed E-state index contributed by atoms with van der Waals surface area (Å²) in [5.74, 6) is 0.813. The van der Waals surface area contributed by atoms with Crippen LogP contribution in [0.3, 0.4) is 0 Å². The molecule has 0 radical (unpaired) electrons. The largest absolute Gasteiger partial charge is 0.467 e. The maximum atomic E-state index is 10.9. The Bertz CT molecular complexity index is 542. The van der Waals surface area contributed by atoms with Gasteiger partial charge in [-0.15, -0.1) is 0 Å². The number of methoxy groups -OCH3 is 1. The molecule has 19 heavy (non-hydrogen) atoms. The number of anilines is 1. The predicted octanol–water partition coefficient (Wildman–Crippen LogP) is 2.38. The highest BCUT2D eigenvalue weighted by Gasteiger charge is 2.20. The minimum absolute atomic E-state index is 0.0878. The van der Waals surface area contributed by atoms with Crippen LogP contribution < -0.4 is 5.32 Å². The summed E-state index contributed by atoms with van der Waals surface area (Å²) in [4.78, 5) is 14.4. The lowest BCUT2D eigenvalue weighted by Crippen LogP contribution is -2.17. The zero-order valence-corrected chi connectivity index (χ0v) is 10.3. The minimum atomic E-state index is -0.485. The standard InChI is InChI=1S/C12H13N3O4/c1-18-8-9(11-5-3-7-19-11)14-12-10(15(16)17)4-2-6-13-12/h2-7,9H,8H2,1H3,(H,13,14). The highest BCUT2D eigenvalue weighted by atomic mass is 16.6. The van der Waals surface area contributed by atoms with E-state index < -0.39 is 4.92 Å². The molecule has 0 saturated carbocycles. The summed E-state index contributed by atoms with van der Waals surface area (Å²) in [6.07, 6.45) is 3.02. The number of hydrogen-bond acceptors (Lipinski definition) is 6. The van der Waals surface area contributed by atoms with Gasteiger partial charge in [0.15, 0.2) is 0 Å². The number of aromatic nitrogens is 1. The minimum Gasteiger partial charge on any atom is -0.467 e. The van der Waals surface area contributed by atoms with E-state index in [0.29, 0.717) is 12.4 Å². The smallest absolute Gasteiger partial charge is 0.311 e. The number of nitrogens with zero attached hydrogens (tertiary/aromatic N) is 2. The molecular weight excluding hydrogens is 250 g/mol. The van der Waals surface area contributed by atoms with Gasteiger partial charge in [0.1, 0.15) is 11.8 Å². The second kappa shape index (κ2) is 5.96. The molecule has 7 nitrogen and oxygen atoms in total. The molecule has 1 unspecified atom stereocenters. The zero-order valence-electron chi connectivity index (χ0n) is 10.3. The fourth-order valence-electron chi connectivity index (χ4n) is 1.67. The van der Waals surface area contributed by atoms with E-state index in [4.69, 9.17) is 9.15 Å². The first-order valence-electron chi connectivity index (χ1n) is 5.60. The Morgan fingerprint density at radius 1 is 1.53 bits per heavy atom. The van der Waals surface area contributed by atoms with Crippen LogP contribution in [0, 0.1) is 10.1 Å². The van der Waals surface area contributed by atoms with E-state index in [9.17, 15) is 10.1 Å². The number of nitro groups is 1. The van der Waals surface area contributed by atoms with Crippen LogP contribution in [0.15, 0.2) is 41.1 Å². The van der Waals surface area contributed by atoms with Crippen LogP contribution in [0.2, 0.25) is 0 Å². The first-order valence-corrected chi connectivity index (χ1v) is 5.60. The van der Waals surface area contributed by atoms with Gasteiger partial charge in [0, 0.05) is 19.4 Å². The molecule has 2 heterocycles. The Morgan fingerprint density at radius 2 is 2.37 bits per heavy atom. The van der Waals surface area contributed by atoms with Gasteiger partial charge < -0.3 is 14.5 Å². The van der Waals surface area contributed by atoms with E-state index in [1.807, 2.05) is 0 Å². The van der Waals surface area contributed by atoms with Gasteiger partial charge in [-0.1, -0.05) is 0 Å². The summed E-state index contributed by atoms with van der Waals surface area (Å²) >= 11 is 0. The van der Waals surface area contributed by atoms with Crippen molar-refractivity contribution in [3.8, 4) is 0 Å². The van der Waals surface area contributed by atoms with Gasteiger partial charge in [0.25, 0.3) is 0 Å². The molecule has 0 spiro atoms. The Kier molecular flexibility index (Phi) is 4.09. The first kappa shape index (κ1) is 13.0. The lowest BCUT2D eigenvalue weighted by Gasteiger charge is -2.15. The Balaban J connectivity index is 2.25. The van der Waals surface area contributed by atoms with Crippen LogP contribution in [0.5, 0.6) is 0 Å². The molecule has 1 N–H and O–H groups in total. The molecule has 0 bridgehead atoms. The molecule has 0 aliphatic rings. The average Bonchev–Trinajstić information content (AvgIpc) is 2.92. The van der Waals surface area contributed by atoms with Crippen molar-refractivity contribution in [3.05, 3.63) is 52.6 Å². The third-order valence-electron chi connectivity index (χ3n) is 2.51. The van der Waals surface area contributed by atoms with Crippen LogP contribution in [0.4, 0.5) is 11.5 Å². The SMILES string of the molecule is COCC(Nc1ncccc1[N+](=O)[O-])c1ccco1. The van der Waals surface area contributed by atoms with Gasteiger partial charge in [-0.05, 0) is 18.2 Å². The number of rotatable bonds is 6. The van der Waals surface area contributed by atoms with E-state index in [1.165, 1.54) is 24.6 Å². The average molecular weight is 263 g/mol. The van der Waals surface area contributed by atoms with Gasteiger partial charge >= 0.3 is 5.69 Å². The first-order chi connectivity index (χ1) is 9.22. The summed E-state index contributed by atoms with van der Waals surface area (Å²) in [6, 6.07) is 6.08. The van der Waals surface area contributed by atoms with E-state index in [2.05, 4.69) is 10.3 Å². The number of hydrogen-bond donors (Lipinski definition) is 1. The molecular formula is C12H13N3O4. The molecule has 2 aromatic heterocycles. The van der Waals surface area contributed by atoms with E-state index >= 15 is 0 Å². The second-order valence-electron chi connectivity index (χ2n) is 3.80. The summed E-state index contributed by atoms with van der Waals surface area (Å²) in [5, 5.41) is 13.9. The third-order valence-corrected chi connectivity index (χ3v) is 2.51. The highest BCUT2D eigenvalue weighted by molar-refractivity contribution is 5.56. The normalized spacial score (nSPS) is 12.1. The van der Waals surface area contributed by atoms with Crippen molar-refractivity contribution in [3.63, 3.8) is 0 Å². The lowest BCUT2D eigenvalue weighted by atomic mass is 10.2. The molecule has 1 atom stereocenters. The van der Waals surface area contributed by atoms with Crippen LogP contribution in [-0.2, 0) is 4.74 Å². The number of pyridine rings is 1. The summed E-state index contributed by atoms with van der Waals surface area (Å²) in [7, 11) is 1.55. The van der Waals surface area contributed by atoms with Gasteiger partial charge in [-0.2, -0.15) is 0 Å². The third kappa shape index (κ3) is 3.08. The Labute approximate surface area is 109 Å². The molecule has 0 aromatic carbocycles. The van der Waals surface area contributed by atoms with Gasteiger partial charge in [-0.3, -0.25) is 10.1 Å². The topological polar surface area (TPSA) is 90.4 Å². The van der Waals surface area contributed by atoms with Crippen molar-refractivity contribution in [2.75, 3.05) is 19.0 Å². The van der Waals surface area contributed by atoms with Crippen LogP contribution in [0.25, 0.3) is 0 Å². The van der Waals surface area contributed by atoms with Crippen LogP contribution in [-0.4, -0.2) is 23.6 Å². The Hall–Kier alpha value is -2.41. The maximum Gasteiger partial charge on any atom is 0.311 e. The van der Waals surface area contributed by atoms with Gasteiger partial charge in [0.2, 0.25) is 5.82 Å². The number of ether oxygens (including phenoxy) is 1. The number of furan rings is 1. The summed E-state index contributed by atoms with van der Waals surface area (Å²) in [5.41, 5.74) is -0.0878. The quantitative estimate of drug-likeness (QED) is 0.635. The predicted molar refractivity (Wildman–Crippen MR) is 67.8 cm³/mol. The molecule has 0 saturated heterocycles. The monoisotopic (exact) mass is 263 g/mol. The number of nitrogens with one attached hydrogen (secondary N) is 1. The fourth-order valence-corrected chi connectivity index (χ4v) is 1.67. The van der Waals surface area contributed by atoms with Crippen molar-refractivity contribution < 1.29 is 14.1 Å². The molecule has 2 rings (SSSR count). The van der Waals surface area contributed by atoms with E-state index in [0.717, 1.165) is 0 Å². The van der Waals surface area contributed by atoms with Crippen molar-refractivity contribution in [1.29, 1.82) is 0 Å². The second-order valence-corrected chi connectivity index (χ2v) is 3.80. The van der Waals surface area contributed by atoms with Gasteiger partial charge in [0.05, 0.1) is 17.8 Å². The zero-order chi connectivity index (χ0) is 13.7.